The Morgan fingerprint density at radius 3 is 2.38 bits per heavy atom. The first kappa shape index (κ1) is 18.0. The predicted molar refractivity (Wildman–Crippen MR) is 99.3 cm³/mol. The minimum atomic E-state index is -0.0410. The van der Waals surface area contributed by atoms with Crippen molar-refractivity contribution in [3.05, 3.63) is 53.3 Å². The van der Waals surface area contributed by atoms with E-state index >= 15 is 0 Å². The second-order valence-electron chi connectivity index (χ2n) is 6.74. The first-order chi connectivity index (χ1) is 12.5. The van der Waals surface area contributed by atoms with E-state index in [1.165, 1.54) is 0 Å². The number of hydrogen-bond acceptors (Lipinski definition) is 3. The molecule has 0 atom stereocenters. The Kier molecular flexibility index (Phi) is 5.30. The van der Waals surface area contributed by atoms with E-state index in [4.69, 9.17) is 4.74 Å². The van der Waals surface area contributed by atoms with Crippen LogP contribution in [0.2, 0.25) is 0 Å². The molecule has 3 rings (SSSR count). The third-order valence-corrected chi connectivity index (χ3v) is 4.75. The van der Waals surface area contributed by atoms with Gasteiger partial charge in [-0.05, 0) is 30.7 Å². The summed E-state index contributed by atoms with van der Waals surface area (Å²) in [7, 11) is 3.51. The number of rotatable bonds is 4. The standard InChI is InChI=1S/C20H25N3O3/c1-15-4-5-18(26-3)17(12-15)20(25)23-10-8-22(9-11-23)19(24)13-16-6-7-21(2)14-16/h4-7,12,14H,8-11,13H2,1-3H3. The van der Waals surface area contributed by atoms with E-state index in [0.717, 1.165) is 11.1 Å². The third-order valence-electron chi connectivity index (χ3n) is 4.75. The van der Waals surface area contributed by atoms with Crippen LogP contribution < -0.4 is 4.74 Å². The fourth-order valence-electron chi connectivity index (χ4n) is 3.27. The number of aryl methyl sites for hydroxylation is 2. The van der Waals surface area contributed by atoms with Crippen LogP contribution in [0, 0.1) is 6.92 Å². The van der Waals surface area contributed by atoms with Gasteiger partial charge in [-0.3, -0.25) is 9.59 Å². The minimum Gasteiger partial charge on any atom is -0.496 e. The van der Waals surface area contributed by atoms with Crippen molar-refractivity contribution in [2.75, 3.05) is 33.3 Å². The third kappa shape index (κ3) is 3.90. The zero-order valence-electron chi connectivity index (χ0n) is 15.6. The smallest absolute Gasteiger partial charge is 0.257 e. The molecule has 138 valence electrons. The molecule has 1 aromatic heterocycles. The van der Waals surface area contributed by atoms with Gasteiger partial charge in [-0.2, -0.15) is 0 Å². The lowest BCUT2D eigenvalue weighted by atomic mass is 10.1. The molecule has 0 radical (unpaired) electrons. The fraction of sp³-hybridized carbons (Fsp3) is 0.400. The number of carbonyl (C=O) groups is 2. The molecule has 0 unspecified atom stereocenters. The lowest BCUT2D eigenvalue weighted by molar-refractivity contribution is -0.131. The van der Waals surface area contributed by atoms with Gasteiger partial charge in [0.05, 0.1) is 19.1 Å². The normalized spacial score (nSPS) is 14.4. The molecule has 0 spiro atoms. The fourth-order valence-corrected chi connectivity index (χ4v) is 3.27. The van der Waals surface area contributed by atoms with Crippen LogP contribution >= 0.6 is 0 Å². The number of aromatic nitrogens is 1. The maximum absolute atomic E-state index is 12.8. The Morgan fingerprint density at radius 2 is 1.77 bits per heavy atom. The summed E-state index contributed by atoms with van der Waals surface area (Å²) in [5.74, 6) is 0.653. The molecule has 1 aliphatic rings. The molecule has 0 bridgehead atoms. The molecule has 0 N–H and O–H groups in total. The summed E-state index contributed by atoms with van der Waals surface area (Å²) in [6.07, 6.45) is 4.30. The summed E-state index contributed by atoms with van der Waals surface area (Å²) in [5.41, 5.74) is 2.61. The Morgan fingerprint density at radius 1 is 1.08 bits per heavy atom. The zero-order valence-corrected chi connectivity index (χ0v) is 15.6. The molecule has 6 nitrogen and oxygen atoms in total. The number of benzene rings is 1. The lowest BCUT2D eigenvalue weighted by Crippen LogP contribution is -2.51. The maximum atomic E-state index is 12.8. The van der Waals surface area contributed by atoms with E-state index in [1.807, 2.05) is 60.1 Å². The average molecular weight is 355 g/mol. The average Bonchev–Trinajstić information content (AvgIpc) is 3.06. The number of nitrogens with zero attached hydrogens (tertiary/aromatic N) is 3. The van der Waals surface area contributed by atoms with Crippen LogP contribution in [-0.2, 0) is 18.3 Å². The van der Waals surface area contributed by atoms with Crippen LogP contribution in [0.5, 0.6) is 5.75 Å². The molecular formula is C20H25N3O3. The number of methoxy groups -OCH3 is 1. The van der Waals surface area contributed by atoms with Crippen molar-refractivity contribution in [3.8, 4) is 5.75 Å². The Balaban J connectivity index is 1.60. The largest absolute Gasteiger partial charge is 0.496 e. The van der Waals surface area contributed by atoms with E-state index < -0.39 is 0 Å². The highest BCUT2D eigenvalue weighted by Gasteiger charge is 2.26. The molecule has 0 aliphatic carbocycles. The van der Waals surface area contributed by atoms with Crippen molar-refractivity contribution >= 4 is 11.8 Å². The topological polar surface area (TPSA) is 54.8 Å². The lowest BCUT2D eigenvalue weighted by Gasteiger charge is -2.35. The molecule has 1 saturated heterocycles. The van der Waals surface area contributed by atoms with Crippen molar-refractivity contribution in [1.82, 2.24) is 14.4 Å². The molecule has 0 saturated carbocycles. The molecule has 2 heterocycles. The second-order valence-corrected chi connectivity index (χ2v) is 6.74. The van der Waals surface area contributed by atoms with Crippen molar-refractivity contribution in [1.29, 1.82) is 0 Å². The monoisotopic (exact) mass is 355 g/mol. The highest BCUT2D eigenvalue weighted by atomic mass is 16.5. The van der Waals surface area contributed by atoms with Crippen LogP contribution in [0.25, 0.3) is 0 Å². The highest BCUT2D eigenvalue weighted by Crippen LogP contribution is 2.22. The van der Waals surface area contributed by atoms with Gasteiger partial charge in [0.2, 0.25) is 5.91 Å². The van der Waals surface area contributed by atoms with E-state index in [1.54, 1.807) is 12.0 Å². The van der Waals surface area contributed by atoms with Gasteiger partial charge in [-0.1, -0.05) is 11.6 Å². The molecule has 1 aliphatic heterocycles. The van der Waals surface area contributed by atoms with Crippen molar-refractivity contribution in [2.24, 2.45) is 7.05 Å². The summed E-state index contributed by atoms with van der Waals surface area (Å²) in [4.78, 5) is 28.9. The van der Waals surface area contributed by atoms with E-state index in [-0.39, 0.29) is 11.8 Å². The summed E-state index contributed by atoms with van der Waals surface area (Å²) < 4.78 is 7.26. The van der Waals surface area contributed by atoms with Gasteiger partial charge in [0.1, 0.15) is 5.75 Å². The SMILES string of the molecule is COc1ccc(C)cc1C(=O)N1CCN(C(=O)Cc2ccn(C)c2)CC1. The molecule has 6 heteroatoms. The van der Waals surface area contributed by atoms with Gasteiger partial charge in [-0.15, -0.1) is 0 Å². The quantitative estimate of drug-likeness (QED) is 0.841. The first-order valence-electron chi connectivity index (χ1n) is 8.80. The van der Waals surface area contributed by atoms with E-state index in [9.17, 15) is 9.59 Å². The van der Waals surface area contributed by atoms with E-state index in [0.29, 0.717) is 43.9 Å². The summed E-state index contributed by atoms with van der Waals surface area (Å²) in [6, 6.07) is 7.56. The van der Waals surface area contributed by atoms with Gasteiger partial charge in [0.25, 0.3) is 5.91 Å². The molecule has 1 fully saturated rings. The van der Waals surface area contributed by atoms with Crippen LogP contribution in [0.1, 0.15) is 21.5 Å². The highest BCUT2D eigenvalue weighted by molar-refractivity contribution is 5.97. The molecule has 26 heavy (non-hydrogen) atoms. The first-order valence-corrected chi connectivity index (χ1v) is 8.80. The zero-order chi connectivity index (χ0) is 18.7. The van der Waals surface area contributed by atoms with E-state index in [2.05, 4.69) is 0 Å². The van der Waals surface area contributed by atoms with Gasteiger partial charge in [-0.25, -0.2) is 0 Å². The van der Waals surface area contributed by atoms with Gasteiger partial charge in [0.15, 0.2) is 0 Å². The number of ether oxygens (including phenoxy) is 1. The van der Waals surface area contributed by atoms with Crippen LogP contribution in [0.3, 0.4) is 0 Å². The van der Waals surface area contributed by atoms with Crippen molar-refractivity contribution in [3.63, 3.8) is 0 Å². The summed E-state index contributed by atoms with van der Waals surface area (Å²) in [5, 5.41) is 0. The number of hydrogen-bond donors (Lipinski definition) is 0. The molecule has 2 amide bonds. The van der Waals surface area contributed by atoms with Crippen LogP contribution in [-0.4, -0.2) is 59.5 Å². The predicted octanol–water partition coefficient (Wildman–Crippen LogP) is 1.87. The van der Waals surface area contributed by atoms with Crippen LogP contribution in [0.15, 0.2) is 36.7 Å². The number of amides is 2. The Hall–Kier alpha value is -2.76. The van der Waals surface area contributed by atoms with Gasteiger partial charge in [0, 0.05) is 45.6 Å². The number of carbonyl (C=O) groups excluding carboxylic acids is 2. The van der Waals surface area contributed by atoms with Gasteiger partial charge < -0.3 is 19.1 Å². The summed E-state index contributed by atoms with van der Waals surface area (Å²) >= 11 is 0. The number of piperazine rings is 1. The Bertz CT molecular complexity index is 804. The Labute approximate surface area is 154 Å². The van der Waals surface area contributed by atoms with Crippen molar-refractivity contribution < 1.29 is 14.3 Å². The van der Waals surface area contributed by atoms with Gasteiger partial charge >= 0.3 is 0 Å². The van der Waals surface area contributed by atoms with Crippen molar-refractivity contribution in [2.45, 2.75) is 13.3 Å². The minimum absolute atomic E-state index is 0.0410. The molecule has 1 aromatic carbocycles. The van der Waals surface area contributed by atoms with Crippen LogP contribution in [0.4, 0.5) is 0 Å². The summed E-state index contributed by atoms with van der Waals surface area (Å²) in [6.45, 7) is 4.15. The second kappa shape index (κ2) is 7.64. The maximum Gasteiger partial charge on any atom is 0.257 e. The molecule has 2 aromatic rings. The molecular weight excluding hydrogens is 330 g/mol.